The van der Waals surface area contributed by atoms with Crippen LogP contribution in [0.5, 0.6) is 11.6 Å². The number of amides is 1. The molecule has 2 heterocycles. The first-order valence-electron chi connectivity index (χ1n) is 11.2. The van der Waals surface area contributed by atoms with Crippen molar-refractivity contribution in [1.29, 1.82) is 0 Å². The van der Waals surface area contributed by atoms with Crippen LogP contribution in [-0.2, 0) is 20.6 Å². The van der Waals surface area contributed by atoms with Gasteiger partial charge in [0, 0.05) is 31.4 Å². The van der Waals surface area contributed by atoms with Crippen LogP contribution in [0.15, 0.2) is 54.9 Å². The van der Waals surface area contributed by atoms with Gasteiger partial charge in [0.2, 0.25) is 11.8 Å². The Balaban J connectivity index is 0.000000403. The number of nitrogens with one attached hydrogen (secondary N) is 1. The largest absolute Gasteiger partial charge is 0.481 e. The number of hydrogen-bond donors (Lipinski definition) is 3. The number of benzene rings is 2. The highest BCUT2D eigenvalue weighted by Gasteiger charge is 2.30. The lowest BCUT2D eigenvalue weighted by atomic mass is 10.1. The van der Waals surface area contributed by atoms with E-state index in [0.717, 1.165) is 16.8 Å². The summed E-state index contributed by atoms with van der Waals surface area (Å²) in [5.74, 6) is -1.49. The summed E-state index contributed by atoms with van der Waals surface area (Å²) in [5, 5.41) is 19.2. The Hall–Kier alpha value is -4.59. The maximum atomic E-state index is 12.8. The predicted molar refractivity (Wildman–Crippen MR) is 136 cm³/mol. The smallest absolute Gasteiger partial charge is 0.416 e. The Kier molecular flexibility index (Phi) is 9.49. The maximum absolute atomic E-state index is 12.8. The standard InChI is InChI=1S/C20H13F3N4O2S.C5H8O4/c1-11(28)26-19-27-18-15(3-2-4-16(18)30-19)29-17-9-14(24-10-25-17)12-5-7-13(8-6-12)20(21,22)23;6-4(7)2-1-3-5(8)9/h2-10H,1H3,(H,26,27,28);1-3H2,(H,6,7)(H,8,9). The molecule has 3 N–H and O–H groups in total. The molecule has 0 unspecified atom stereocenters. The molecular formula is C25H21F3N4O6S. The minimum atomic E-state index is -4.40. The molecule has 39 heavy (non-hydrogen) atoms. The van der Waals surface area contributed by atoms with Crippen LogP contribution < -0.4 is 10.1 Å². The first kappa shape index (κ1) is 29.0. The van der Waals surface area contributed by atoms with Crippen molar-refractivity contribution in [2.45, 2.75) is 32.4 Å². The van der Waals surface area contributed by atoms with Crippen LogP contribution in [0.4, 0.5) is 18.3 Å². The Bertz CT molecular complexity index is 1460. The molecule has 14 heteroatoms. The molecule has 0 aliphatic carbocycles. The third-order valence-corrected chi connectivity index (χ3v) is 5.75. The molecule has 2 aromatic carbocycles. The number of aliphatic carboxylic acids is 2. The summed E-state index contributed by atoms with van der Waals surface area (Å²) in [4.78, 5) is 43.4. The van der Waals surface area contributed by atoms with Crippen molar-refractivity contribution < 1.29 is 42.5 Å². The Labute approximate surface area is 223 Å². The number of alkyl halides is 3. The van der Waals surface area contributed by atoms with E-state index in [0.29, 0.717) is 27.7 Å². The molecule has 204 valence electrons. The molecule has 4 aromatic rings. The number of fused-ring (bicyclic) bond motifs is 1. The number of para-hydroxylation sites is 1. The van der Waals surface area contributed by atoms with Crippen molar-refractivity contribution in [1.82, 2.24) is 15.0 Å². The van der Waals surface area contributed by atoms with E-state index in [2.05, 4.69) is 20.3 Å². The number of thiazole rings is 1. The minimum absolute atomic E-state index is 0.0632. The molecule has 0 aliphatic rings. The first-order valence-corrected chi connectivity index (χ1v) is 12.0. The number of halogens is 3. The predicted octanol–water partition coefficient (Wildman–Crippen LogP) is 5.85. The molecule has 0 saturated carbocycles. The zero-order valence-corrected chi connectivity index (χ0v) is 21.0. The number of carbonyl (C=O) groups excluding carboxylic acids is 1. The van der Waals surface area contributed by atoms with Crippen LogP contribution >= 0.6 is 11.3 Å². The number of ether oxygens (including phenoxy) is 1. The van der Waals surface area contributed by atoms with E-state index in [-0.39, 0.29) is 31.0 Å². The van der Waals surface area contributed by atoms with Gasteiger partial charge in [-0.25, -0.2) is 15.0 Å². The molecule has 2 aromatic heterocycles. The quantitative estimate of drug-likeness (QED) is 0.240. The topological polar surface area (TPSA) is 152 Å². The van der Waals surface area contributed by atoms with E-state index in [1.807, 2.05) is 6.07 Å². The van der Waals surface area contributed by atoms with Gasteiger partial charge in [0.15, 0.2) is 10.9 Å². The van der Waals surface area contributed by atoms with Crippen LogP contribution in [0, 0.1) is 0 Å². The van der Waals surface area contributed by atoms with E-state index in [4.69, 9.17) is 14.9 Å². The minimum Gasteiger partial charge on any atom is -0.481 e. The zero-order valence-electron chi connectivity index (χ0n) is 20.2. The van der Waals surface area contributed by atoms with Gasteiger partial charge >= 0.3 is 18.1 Å². The molecule has 0 fully saturated rings. The Morgan fingerprint density at radius 3 is 2.26 bits per heavy atom. The molecule has 0 radical (unpaired) electrons. The van der Waals surface area contributed by atoms with E-state index in [9.17, 15) is 27.6 Å². The highest BCUT2D eigenvalue weighted by Crippen LogP contribution is 2.35. The Morgan fingerprint density at radius 1 is 1.00 bits per heavy atom. The third-order valence-electron chi connectivity index (χ3n) is 4.81. The lowest BCUT2D eigenvalue weighted by Crippen LogP contribution is -2.04. The number of carboxylic acid groups (broad SMARTS) is 2. The highest BCUT2D eigenvalue weighted by atomic mass is 32.1. The fourth-order valence-electron chi connectivity index (χ4n) is 3.10. The number of carboxylic acids is 2. The van der Waals surface area contributed by atoms with Crippen LogP contribution in [0.2, 0.25) is 0 Å². The summed E-state index contributed by atoms with van der Waals surface area (Å²) >= 11 is 1.31. The van der Waals surface area contributed by atoms with E-state index < -0.39 is 23.7 Å². The first-order chi connectivity index (χ1) is 18.4. The second-order valence-electron chi connectivity index (χ2n) is 7.86. The normalized spacial score (nSPS) is 10.9. The lowest BCUT2D eigenvalue weighted by molar-refractivity contribution is -0.139. The Morgan fingerprint density at radius 2 is 1.67 bits per heavy atom. The molecule has 1 amide bonds. The summed E-state index contributed by atoms with van der Waals surface area (Å²) in [6.45, 7) is 1.40. The van der Waals surface area contributed by atoms with Gasteiger partial charge in [-0.1, -0.05) is 29.5 Å². The number of carbonyl (C=O) groups is 3. The van der Waals surface area contributed by atoms with E-state index in [1.165, 1.54) is 42.8 Å². The number of hydrogen-bond acceptors (Lipinski definition) is 8. The van der Waals surface area contributed by atoms with Crippen LogP contribution in [0.3, 0.4) is 0 Å². The van der Waals surface area contributed by atoms with Crippen LogP contribution in [0.1, 0.15) is 31.7 Å². The van der Waals surface area contributed by atoms with Crippen molar-refractivity contribution in [3.63, 3.8) is 0 Å². The molecule has 0 atom stereocenters. The number of aromatic nitrogens is 3. The summed E-state index contributed by atoms with van der Waals surface area (Å²) < 4.78 is 44.9. The van der Waals surface area contributed by atoms with Crippen molar-refractivity contribution >= 4 is 44.5 Å². The molecule has 0 aliphatic heterocycles. The van der Waals surface area contributed by atoms with Crippen molar-refractivity contribution in [3.05, 3.63) is 60.4 Å². The van der Waals surface area contributed by atoms with Gasteiger partial charge in [0.05, 0.1) is 16.0 Å². The van der Waals surface area contributed by atoms with Crippen LogP contribution in [0.25, 0.3) is 21.5 Å². The molecular weight excluding hydrogens is 541 g/mol. The van der Waals surface area contributed by atoms with Gasteiger partial charge in [-0.3, -0.25) is 14.4 Å². The lowest BCUT2D eigenvalue weighted by Gasteiger charge is -2.09. The molecule has 0 spiro atoms. The summed E-state index contributed by atoms with van der Waals surface area (Å²) in [7, 11) is 0. The fraction of sp³-hybridized carbons (Fsp3) is 0.200. The second kappa shape index (κ2) is 12.8. The zero-order chi connectivity index (χ0) is 28.6. The van der Waals surface area contributed by atoms with Crippen molar-refractivity contribution in [3.8, 4) is 22.9 Å². The third kappa shape index (κ3) is 8.74. The van der Waals surface area contributed by atoms with Gasteiger partial charge < -0.3 is 20.3 Å². The van der Waals surface area contributed by atoms with Crippen LogP contribution in [-0.4, -0.2) is 43.0 Å². The van der Waals surface area contributed by atoms with Crippen molar-refractivity contribution in [2.75, 3.05) is 5.32 Å². The molecule has 0 bridgehead atoms. The van der Waals surface area contributed by atoms with Gasteiger partial charge in [-0.2, -0.15) is 13.2 Å². The van der Waals surface area contributed by atoms with E-state index >= 15 is 0 Å². The summed E-state index contributed by atoms with van der Waals surface area (Å²) in [5.41, 5.74) is 0.732. The highest BCUT2D eigenvalue weighted by molar-refractivity contribution is 7.22. The van der Waals surface area contributed by atoms with Gasteiger partial charge in [0.1, 0.15) is 11.8 Å². The number of rotatable bonds is 8. The number of anilines is 1. The molecule has 4 rings (SSSR count). The fourth-order valence-corrected chi connectivity index (χ4v) is 4.03. The van der Waals surface area contributed by atoms with E-state index in [1.54, 1.807) is 12.1 Å². The average molecular weight is 563 g/mol. The molecule has 10 nitrogen and oxygen atoms in total. The average Bonchev–Trinajstić information content (AvgIpc) is 3.26. The van der Waals surface area contributed by atoms with Gasteiger partial charge in [-0.05, 0) is 30.7 Å². The van der Waals surface area contributed by atoms with Crippen molar-refractivity contribution in [2.24, 2.45) is 0 Å². The van der Waals surface area contributed by atoms with Gasteiger partial charge in [-0.15, -0.1) is 0 Å². The summed E-state index contributed by atoms with van der Waals surface area (Å²) in [6.07, 6.45) is -3.05. The summed E-state index contributed by atoms with van der Waals surface area (Å²) in [6, 6.07) is 11.5. The maximum Gasteiger partial charge on any atom is 0.416 e. The SMILES string of the molecule is CC(=O)Nc1nc2c(Oc3cc(-c4ccc(C(F)(F)F)cc4)ncn3)cccc2s1.O=C(O)CCCC(=O)O. The molecule has 0 saturated heterocycles. The monoisotopic (exact) mass is 562 g/mol. The second-order valence-corrected chi connectivity index (χ2v) is 8.89. The van der Waals surface area contributed by atoms with Gasteiger partial charge in [0.25, 0.3) is 0 Å². The number of nitrogens with zero attached hydrogens (tertiary/aromatic N) is 3.